The summed E-state index contributed by atoms with van der Waals surface area (Å²) in [5, 5.41) is 11.6. The summed E-state index contributed by atoms with van der Waals surface area (Å²) < 4.78 is 14.1. The van der Waals surface area contributed by atoms with Gasteiger partial charge in [0.2, 0.25) is 5.91 Å². The minimum Gasteiger partial charge on any atom is -0.393 e. The average molecular weight is 316 g/mol. The summed E-state index contributed by atoms with van der Waals surface area (Å²) in [6, 6.07) is 4.51. The summed E-state index contributed by atoms with van der Waals surface area (Å²) in [6.07, 6.45) is 2.73. The summed E-state index contributed by atoms with van der Waals surface area (Å²) >= 11 is 3.23. The second kappa shape index (κ2) is 7.28. The van der Waals surface area contributed by atoms with Crippen molar-refractivity contribution in [2.75, 3.05) is 6.54 Å². The van der Waals surface area contributed by atoms with E-state index in [1.54, 1.807) is 19.1 Å². The van der Waals surface area contributed by atoms with Crippen molar-refractivity contribution in [1.82, 2.24) is 5.32 Å². The van der Waals surface area contributed by atoms with E-state index in [1.807, 2.05) is 0 Å². The van der Waals surface area contributed by atoms with Crippen molar-refractivity contribution in [3.8, 4) is 0 Å². The van der Waals surface area contributed by atoms with Crippen LogP contribution >= 0.6 is 15.9 Å². The topological polar surface area (TPSA) is 49.3 Å². The third-order valence-electron chi connectivity index (χ3n) is 2.23. The van der Waals surface area contributed by atoms with Gasteiger partial charge in [0.15, 0.2) is 0 Å². The van der Waals surface area contributed by atoms with Crippen molar-refractivity contribution in [2.24, 2.45) is 0 Å². The van der Waals surface area contributed by atoms with Crippen LogP contribution in [-0.2, 0) is 4.79 Å². The van der Waals surface area contributed by atoms with Gasteiger partial charge in [-0.15, -0.1) is 0 Å². The van der Waals surface area contributed by atoms with Crippen LogP contribution in [0.5, 0.6) is 0 Å². The Hall–Kier alpha value is -1.20. The van der Waals surface area contributed by atoms with Crippen molar-refractivity contribution in [1.29, 1.82) is 0 Å². The van der Waals surface area contributed by atoms with Gasteiger partial charge in [-0.25, -0.2) is 4.39 Å². The number of rotatable bonds is 5. The molecule has 1 unspecified atom stereocenters. The summed E-state index contributed by atoms with van der Waals surface area (Å²) in [6.45, 7) is 2.04. The Morgan fingerprint density at radius 3 is 3.00 bits per heavy atom. The van der Waals surface area contributed by atoms with E-state index in [1.165, 1.54) is 18.2 Å². The number of carbonyl (C=O) groups is 1. The molecular weight excluding hydrogens is 301 g/mol. The zero-order valence-corrected chi connectivity index (χ0v) is 11.6. The molecular formula is C13H15BrFNO2. The molecule has 0 saturated heterocycles. The minimum atomic E-state index is -0.447. The summed E-state index contributed by atoms with van der Waals surface area (Å²) in [4.78, 5) is 11.4. The SMILES string of the molecule is CC(O)CCNC(=O)C=Cc1cc(Br)ccc1F. The molecule has 18 heavy (non-hydrogen) atoms. The molecule has 0 spiro atoms. The smallest absolute Gasteiger partial charge is 0.244 e. The number of carbonyl (C=O) groups excluding carboxylic acids is 1. The van der Waals surface area contributed by atoms with Gasteiger partial charge in [-0.2, -0.15) is 0 Å². The maximum absolute atomic E-state index is 13.3. The van der Waals surface area contributed by atoms with Crippen LogP contribution < -0.4 is 5.32 Å². The summed E-state index contributed by atoms with van der Waals surface area (Å²) in [5.41, 5.74) is 0.343. The van der Waals surface area contributed by atoms with Gasteiger partial charge in [0.25, 0.3) is 0 Å². The Morgan fingerprint density at radius 2 is 2.33 bits per heavy atom. The Bertz CT molecular complexity index is 447. The highest BCUT2D eigenvalue weighted by molar-refractivity contribution is 9.10. The zero-order valence-electron chi connectivity index (χ0n) is 9.99. The fraction of sp³-hybridized carbons (Fsp3) is 0.308. The Labute approximate surface area is 114 Å². The van der Waals surface area contributed by atoms with Gasteiger partial charge >= 0.3 is 0 Å². The fourth-order valence-electron chi connectivity index (χ4n) is 1.27. The number of nitrogens with one attached hydrogen (secondary N) is 1. The molecule has 0 aliphatic carbocycles. The van der Waals surface area contributed by atoms with E-state index < -0.39 is 6.10 Å². The lowest BCUT2D eigenvalue weighted by molar-refractivity contribution is -0.116. The van der Waals surface area contributed by atoms with Crippen molar-refractivity contribution < 1.29 is 14.3 Å². The average Bonchev–Trinajstić information content (AvgIpc) is 2.30. The molecule has 0 fully saturated rings. The van der Waals surface area contributed by atoms with Crippen LogP contribution in [0.1, 0.15) is 18.9 Å². The molecule has 1 aromatic carbocycles. The molecule has 0 bridgehead atoms. The molecule has 5 heteroatoms. The normalized spacial score (nSPS) is 12.7. The van der Waals surface area contributed by atoms with E-state index in [9.17, 15) is 9.18 Å². The number of aliphatic hydroxyl groups excluding tert-OH is 1. The summed E-state index contributed by atoms with van der Waals surface area (Å²) in [5.74, 6) is -0.693. The number of hydrogen-bond donors (Lipinski definition) is 2. The van der Waals surface area contributed by atoms with Gasteiger partial charge in [-0.05, 0) is 37.6 Å². The van der Waals surface area contributed by atoms with Gasteiger partial charge in [0, 0.05) is 22.7 Å². The van der Waals surface area contributed by atoms with Crippen LogP contribution in [0.3, 0.4) is 0 Å². The lowest BCUT2D eigenvalue weighted by atomic mass is 10.2. The molecule has 1 rings (SSSR count). The zero-order chi connectivity index (χ0) is 13.5. The maximum atomic E-state index is 13.3. The molecule has 1 aromatic rings. The van der Waals surface area contributed by atoms with Crippen LogP contribution in [0.4, 0.5) is 4.39 Å². The van der Waals surface area contributed by atoms with E-state index in [-0.39, 0.29) is 11.7 Å². The van der Waals surface area contributed by atoms with Crippen molar-refractivity contribution in [3.05, 3.63) is 40.1 Å². The molecule has 1 amide bonds. The second-order valence-corrected chi connectivity index (χ2v) is 4.84. The molecule has 2 N–H and O–H groups in total. The van der Waals surface area contributed by atoms with Gasteiger partial charge in [-0.1, -0.05) is 15.9 Å². The van der Waals surface area contributed by atoms with Gasteiger partial charge in [0.1, 0.15) is 5.82 Å². The van der Waals surface area contributed by atoms with Gasteiger partial charge in [-0.3, -0.25) is 4.79 Å². The largest absolute Gasteiger partial charge is 0.393 e. The maximum Gasteiger partial charge on any atom is 0.244 e. The number of benzene rings is 1. The molecule has 0 aromatic heterocycles. The van der Waals surface area contributed by atoms with E-state index in [0.29, 0.717) is 18.5 Å². The Kier molecular flexibility index (Phi) is 6.01. The van der Waals surface area contributed by atoms with Crippen molar-refractivity contribution in [3.63, 3.8) is 0 Å². The molecule has 0 aliphatic rings. The summed E-state index contributed by atoms with van der Waals surface area (Å²) in [7, 11) is 0. The predicted octanol–water partition coefficient (Wildman–Crippen LogP) is 2.49. The van der Waals surface area contributed by atoms with E-state index in [2.05, 4.69) is 21.2 Å². The number of hydrogen-bond acceptors (Lipinski definition) is 2. The molecule has 3 nitrogen and oxygen atoms in total. The van der Waals surface area contributed by atoms with E-state index >= 15 is 0 Å². The third-order valence-corrected chi connectivity index (χ3v) is 2.73. The monoisotopic (exact) mass is 315 g/mol. The quantitative estimate of drug-likeness (QED) is 0.820. The lowest BCUT2D eigenvalue weighted by Crippen LogP contribution is -2.24. The highest BCUT2D eigenvalue weighted by atomic mass is 79.9. The second-order valence-electron chi connectivity index (χ2n) is 3.93. The minimum absolute atomic E-state index is 0.310. The number of halogens is 2. The Balaban J connectivity index is 2.53. The third kappa shape index (κ3) is 5.42. The lowest BCUT2D eigenvalue weighted by Gasteiger charge is -2.04. The molecule has 0 radical (unpaired) electrons. The molecule has 0 aliphatic heterocycles. The molecule has 1 atom stereocenters. The first-order valence-corrected chi connectivity index (χ1v) is 6.37. The number of amides is 1. The Morgan fingerprint density at radius 1 is 1.61 bits per heavy atom. The first-order valence-electron chi connectivity index (χ1n) is 5.58. The fourth-order valence-corrected chi connectivity index (χ4v) is 1.65. The highest BCUT2D eigenvalue weighted by Crippen LogP contribution is 2.16. The predicted molar refractivity (Wildman–Crippen MR) is 72.4 cm³/mol. The van der Waals surface area contributed by atoms with Crippen molar-refractivity contribution in [2.45, 2.75) is 19.4 Å². The standard InChI is InChI=1S/C13H15BrFNO2/c1-9(17)6-7-16-13(18)5-2-10-8-11(14)3-4-12(10)15/h2-5,8-9,17H,6-7H2,1H3,(H,16,18). The van der Waals surface area contributed by atoms with Gasteiger partial charge < -0.3 is 10.4 Å². The van der Waals surface area contributed by atoms with Crippen LogP contribution in [0.2, 0.25) is 0 Å². The number of aliphatic hydroxyl groups is 1. The van der Waals surface area contributed by atoms with Crippen LogP contribution in [0.15, 0.2) is 28.7 Å². The van der Waals surface area contributed by atoms with Gasteiger partial charge in [0.05, 0.1) is 6.10 Å². The van der Waals surface area contributed by atoms with Crippen LogP contribution in [-0.4, -0.2) is 23.7 Å². The first kappa shape index (κ1) is 14.9. The van der Waals surface area contributed by atoms with Crippen LogP contribution in [0, 0.1) is 5.82 Å². The van der Waals surface area contributed by atoms with E-state index in [0.717, 1.165) is 4.47 Å². The first-order chi connectivity index (χ1) is 8.49. The van der Waals surface area contributed by atoms with Crippen LogP contribution in [0.25, 0.3) is 6.08 Å². The highest BCUT2D eigenvalue weighted by Gasteiger charge is 2.01. The van der Waals surface area contributed by atoms with Crippen molar-refractivity contribution >= 4 is 27.9 Å². The molecule has 0 heterocycles. The molecule has 98 valence electrons. The van der Waals surface area contributed by atoms with E-state index in [4.69, 9.17) is 5.11 Å². The molecule has 0 saturated carbocycles.